The van der Waals surface area contributed by atoms with Crippen molar-refractivity contribution in [2.45, 2.75) is 70.9 Å². The van der Waals surface area contributed by atoms with Crippen LogP contribution in [-0.4, -0.2) is 163 Å². The van der Waals surface area contributed by atoms with Gasteiger partial charge >= 0.3 is 30.9 Å². The average molecular weight is 1890 g/mol. The van der Waals surface area contributed by atoms with Crippen LogP contribution in [0.4, 0.5) is 70.2 Å². The lowest BCUT2D eigenvalue weighted by molar-refractivity contribution is -0.144. The number of carbonyl (C=O) groups excluding carboxylic acids is 6. The topological polar surface area (TPSA) is 284 Å². The summed E-state index contributed by atoms with van der Waals surface area (Å²) in [5.41, 5.74) is -1.45. The molecular weight excluding hydrogens is 1810 g/mol. The van der Waals surface area contributed by atoms with E-state index >= 15 is 0 Å². The number of piperazine rings is 1. The van der Waals surface area contributed by atoms with E-state index in [1.165, 1.54) is 54.3 Å². The molecule has 1 saturated heterocycles. The molecule has 1 atom stereocenters. The molecule has 5 N–H and O–H groups in total. The average Bonchev–Trinajstić information content (AvgIpc) is 1.67. The van der Waals surface area contributed by atoms with Gasteiger partial charge in [-0.3, -0.25) is 52.2 Å². The normalized spacial score (nSPS) is 12.6. The van der Waals surface area contributed by atoms with Gasteiger partial charge in [-0.25, -0.2) is 9.37 Å². The number of hydrogen-bond acceptors (Lipinski definition) is 18. The van der Waals surface area contributed by atoms with Crippen LogP contribution in [0.3, 0.4) is 0 Å². The minimum atomic E-state index is -4.49. The van der Waals surface area contributed by atoms with Crippen molar-refractivity contribution >= 4 is 92.1 Å². The number of nitrogens with one attached hydrogen (secondary N) is 5. The molecule has 6 amide bonds. The lowest BCUT2D eigenvalue weighted by Crippen LogP contribution is -2.49. The number of alkyl halides is 15. The van der Waals surface area contributed by atoms with Crippen molar-refractivity contribution in [3.05, 3.63) is 228 Å². The molecular formula is C82H80F16N18O7S5. The van der Waals surface area contributed by atoms with Crippen LogP contribution in [0, 0.1) is 11.7 Å². The molecule has 11 aromatic heterocycles. The summed E-state index contributed by atoms with van der Waals surface area (Å²) in [7, 11) is 6.19. The molecule has 0 aliphatic carbocycles. The highest BCUT2D eigenvalue weighted by Crippen LogP contribution is 2.40. The highest BCUT2D eigenvalue weighted by atomic mass is 32.1. The molecule has 1 aliphatic heterocycles. The molecule has 682 valence electrons. The largest absolute Gasteiger partial charge is 0.492 e. The monoisotopic (exact) mass is 1890 g/mol. The highest BCUT2D eigenvalue weighted by molar-refractivity contribution is 7.18. The Morgan fingerprint density at radius 2 is 0.758 bits per heavy atom. The van der Waals surface area contributed by atoms with Crippen LogP contribution in [-0.2, 0) is 83.8 Å². The van der Waals surface area contributed by atoms with E-state index < -0.39 is 59.4 Å². The number of H-pyrrole nitrogens is 1. The summed E-state index contributed by atoms with van der Waals surface area (Å²) in [5.74, 6) is -0.560. The Morgan fingerprint density at radius 3 is 1.09 bits per heavy atom. The van der Waals surface area contributed by atoms with Gasteiger partial charge < -0.3 is 40.8 Å². The van der Waals surface area contributed by atoms with Crippen LogP contribution in [0.25, 0.3) is 52.9 Å². The van der Waals surface area contributed by atoms with Gasteiger partial charge in [0.25, 0.3) is 29.5 Å². The molecule has 12 heterocycles. The van der Waals surface area contributed by atoms with E-state index in [2.05, 4.69) is 56.7 Å². The molecule has 13 aromatic rings. The Bertz CT molecular complexity index is 5900. The number of aryl methyl sites for hydroxylation is 5. The van der Waals surface area contributed by atoms with E-state index in [1.54, 1.807) is 95.1 Å². The molecule has 1 fully saturated rings. The first-order valence-electron chi connectivity index (χ1n) is 38.5. The summed E-state index contributed by atoms with van der Waals surface area (Å²) in [4.78, 5) is 87.2. The molecule has 14 rings (SSSR count). The molecule has 1 unspecified atom stereocenters. The number of aromatic nitrogens is 12. The Balaban J connectivity index is 0.000000167. The highest BCUT2D eigenvalue weighted by Gasteiger charge is 2.40. The van der Waals surface area contributed by atoms with E-state index in [9.17, 15) is 99.0 Å². The van der Waals surface area contributed by atoms with Gasteiger partial charge in [-0.15, -0.1) is 56.7 Å². The molecule has 2 aromatic carbocycles. The zero-order chi connectivity index (χ0) is 93.3. The lowest BCUT2D eigenvalue weighted by Gasteiger charge is -2.33. The fourth-order valence-electron chi connectivity index (χ4n) is 11.9. The number of rotatable bonds is 23. The van der Waals surface area contributed by atoms with Crippen molar-refractivity contribution in [1.82, 2.24) is 89.9 Å². The maximum atomic E-state index is 12.9. The van der Waals surface area contributed by atoms with E-state index in [0.29, 0.717) is 132 Å². The third-order valence-corrected chi connectivity index (χ3v) is 24.3. The van der Waals surface area contributed by atoms with Crippen molar-refractivity contribution in [3.8, 4) is 58.6 Å². The van der Waals surface area contributed by atoms with E-state index in [-0.39, 0.29) is 69.7 Å². The van der Waals surface area contributed by atoms with Gasteiger partial charge in [-0.2, -0.15) is 91.3 Å². The van der Waals surface area contributed by atoms with Crippen molar-refractivity contribution in [2.24, 2.45) is 41.2 Å². The van der Waals surface area contributed by atoms with Gasteiger partial charge in [-0.05, 0) is 133 Å². The third kappa shape index (κ3) is 26.9. The predicted octanol–water partition coefficient (Wildman–Crippen LogP) is 17.5. The minimum absolute atomic E-state index is 0.0221. The van der Waals surface area contributed by atoms with Crippen molar-refractivity contribution in [1.29, 1.82) is 0 Å². The number of aromatic amines is 1. The van der Waals surface area contributed by atoms with Gasteiger partial charge in [0.1, 0.15) is 75.1 Å². The zero-order valence-corrected chi connectivity index (χ0v) is 72.9. The maximum absolute atomic E-state index is 12.9. The fourth-order valence-corrected chi connectivity index (χ4v) is 16.4. The number of nitrogens with zero attached hydrogens (tertiary/aromatic N) is 13. The van der Waals surface area contributed by atoms with Crippen LogP contribution in [0.2, 0.25) is 0 Å². The second-order valence-corrected chi connectivity index (χ2v) is 33.6. The number of para-hydroxylation sites is 1. The zero-order valence-electron chi connectivity index (χ0n) is 68.8. The number of imidazole rings is 1. The van der Waals surface area contributed by atoms with Crippen molar-refractivity contribution in [3.63, 3.8) is 0 Å². The first-order valence-corrected chi connectivity index (χ1v) is 42.5. The lowest BCUT2D eigenvalue weighted by atomic mass is 10.1. The van der Waals surface area contributed by atoms with E-state index in [0.717, 1.165) is 128 Å². The molecule has 0 radical (unpaired) electrons. The summed E-state index contributed by atoms with van der Waals surface area (Å²) >= 11 is 5.50. The minimum Gasteiger partial charge on any atom is -0.492 e. The van der Waals surface area contributed by atoms with E-state index in [4.69, 9.17) is 4.74 Å². The molecule has 0 saturated carbocycles. The molecule has 1 aliphatic rings. The van der Waals surface area contributed by atoms with E-state index in [1.807, 2.05) is 44.2 Å². The SMILES string of the molecule is CC(=O)N1CCN(C(=O)c2ccc(-c3cc(C(F)(F)F)n(C)n3)s2)CC1.CCC(C)CNC(=O)c1ccc(-c2cc(C(F)(F)F)n(C)n2)s1.Cn1nc(-c2ccc(C(=O)NCCOc3ccccc3)s2)cc1C(F)(F)F.Cn1nc(-c2ccc(C(=O)NCCc3ccc(F)cc3)s2)cc1C(F)(F)F.Cn1nc(-c2ccc(C(=O)NCCc3cnc[nH]3)s2)cc1C(F)(F)F. The van der Waals surface area contributed by atoms with Gasteiger partial charge in [0.15, 0.2) is 0 Å². The maximum Gasteiger partial charge on any atom is 0.433 e. The first-order chi connectivity index (χ1) is 60.3. The summed E-state index contributed by atoms with van der Waals surface area (Å²) in [6, 6.07) is 35.9. The quantitative estimate of drug-likeness (QED) is 0.0294. The smallest absolute Gasteiger partial charge is 0.433 e. The Morgan fingerprint density at radius 1 is 0.430 bits per heavy atom. The second-order valence-electron chi connectivity index (χ2n) is 28.2. The summed E-state index contributed by atoms with van der Waals surface area (Å²) in [6.45, 7) is 9.38. The number of carbonyl (C=O) groups is 6. The fraction of sp³-hybridized carbons (Fsp3) is 0.317. The first kappa shape index (κ1) is 97.9. The number of thiophene rings is 5. The second kappa shape index (κ2) is 42.5. The van der Waals surface area contributed by atoms with Crippen molar-refractivity contribution < 1.29 is 104 Å². The van der Waals surface area contributed by atoms with Crippen LogP contribution >= 0.6 is 56.7 Å². The summed E-state index contributed by atoms with van der Waals surface area (Å²) in [5, 5.41) is 30.5. The van der Waals surface area contributed by atoms with Crippen LogP contribution in [0.5, 0.6) is 5.75 Å². The number of halogens is 16. The van der Waals surface area contributed by atoms with Crippen LogP contribution < -0.4 is 26.0 Å². The van der Waals surface area contributed by atoms with Crippen LogP contribution in [0.1, 0.15) is 115 Å². The Hall–Kier alpha value is -12.3. The molecule has 128 heavy (non-hydrogen) atoms. The Kier molecular flexibility index (Phi) is 32.5. The number of amides is 6. The number of ether oxygens (including phenoxy) is 1. The molecule has 46 heteroatoms. The summed E-state index contributed by atoms with van der Waals surface area (Å²) in [6.07, 6.45) is -17.0. The van der Waals surface area contributed by atoms with Gasteiger partial charge in [0.2, 0.25) is 5.91 Å². The van der Waals surface area contributed by atoms with Crippen molar-refractivity contribution in [2.75, 3.05) is 59.0 Å². The van der Waals surface area contributed by atoms with Gasteiger partial charge in [0, 0.05) is 106 Å². The van der Waals surface area contributed by atoms with Gasteiger partial charge in [0.05, 0.1) is 61.6 Å². The number of hydrogen-bond donors (Lipinski definition) is 5. The molecule has 0 bridgehead atoms. The number of benzene rings is 2. The van der Waals surface area contributed by atoms with Gasteiger partial charge in [-0.1, -0.05) is 50.6 Å². The third-order valence-electron chi connectivity index (χ3n) is 18.8. The molecule has 0 spiro atoms. The Labute approximate surface area is 739 Å². The summed E-state index contributed by atoms with van der Waals surface area (Å²) < 4.78 is 215. The molecule has 25 nitrogen and oxygen atoms in total. The van der Waals surface area contributed by atoms with Crippen LogP contribution in [0.15, 0.2) is 158 Å². The standard InChI is InChI=1S/C18H15F4N3OS.C18H16F3N3O2S.C16H17F3N4O2S.C15H14F3N5OS.C15H18F3N3OS/c1-25-16(18(20,21)22)10-13(24-25)14-6-7-15(27-14)17(26)23-9-8-11-2-4-12(19)5-3-11;1-24-16(18(19,20)21)11-13(23-24)14-7-8-15(27-14)17(25)22-9-10-26-12-5-3-2-4-6-12;1-10(24)22-5-7-23(8-6-22)15(25)13-4-3-12(26-13)11-9-14(16(17,18)19)21(2)20-11;1-23-13(15(16,17)18)6-10(22-23)11-2-3-12(25-11)14(24)20-5-4-9-7-19-8-21-9;1-4-9(2)8-19-14(22)12-6-5-11(23-12)10-7-13(15(16,17)18)21(3)20-10/h2-7,10H,8-9H2,1H3,(H,23,26);2-8,11H,9-10H2,1H3,(H,22,25);3-4,9H,5-8H2,1-2H3;2-3,6-8H,4-5H2,1H3,(H,19,21)(H,20,24);5-7,9H,4,8H2,1-3H3,(H,19,22). The predicted molar refractivity (Wildman–Crippen MR) is 449 cm³/mol.